The Morgan fingerprint density at radius 2 is 1.92 bits per heavy atom. The van der Waals surface area contributed by atoms with Gasteiger partial charge in [0.15, 0.2) is 0 Å². The minimum atomic E-state index is 0.420. The molecule has 0 aliphatic carbocycles. The van der Waals surface area contributed by atoms with Crippen molar-refractivity contribution < 1.29 is 4.74 Å². The molecule has 0 aromatic carbocycles. The Morgan fingerprint density at radius 3 is 2.42 bits per heavy atom. The molecule has 74 valence electrons. The minimum Gasteiger partial charge on any atom is -0.378 e. The number of hydrogen-bond acceptors (Lipinski definition) is 2. The maximum Gasteiger partial charge on any atom is 0.0544 e. The first-order valence-electron chi connectivity index (χ1n) is 5.01. The van der Waals surface area contributed by atoms with E-state index in [9.17, 15) is 0 Å². The predicted molar refractivity (Wildman–Crippen MR) is 53.5 cm³/mol. The molecule has 0 fully saturated rings. The number of hydrogen-bond donors (Lipinski definition) is 1. The zero-order chi connectivity index (χ0) is 9.40. The van der Waals surface area contributed by atoms with Crippen molar-refractivity contribution in [3.8, 4) is 0 Å². The van der Waals surface area contributed by atoms with Crippen molar-refractivity contribution in [2.75, 3.05) is 13.2 Å². The van der Waals surface area contributed by atoms with Gasteiger partial charge in [-0.1, -0.05) is 20.8 Å². The standard InChI is InChI=1S/C10H23NO/c1-5-10(4)12-8-6-7-11-9(2)3/h9-11H,5-8H2,1-4H3. The summed E-state index contributed by atoms with van der Waals surface area (Å²) in [6.45, 7) is 10.5. The van der Waals surface area contributed by atoms with Crippen molar-refractivity contribution in [2.45, 2.75) is 52.7 Å². The van der Waals surface area contributed by atoms with Crippen molar-refractivity contribution in [1.29, 1.82) is 0 Å². The molecule has 0 saturated carbocycles. The van der Waals surface area contributed by atoms with Crippen LogP contribution in [-0.2, 0) is 4.74 Å². The molecule has 0 saturated heterocycles. The van der Waals surface area contributed by atoms with Crippen molar-refractivity contribution in [3.63, 3.8) is 0 Å². The Kier molecular flexibility index (Phi) is 7.51. The van der Waals surface area contributed by atoms with Crippen LogP contribution in [0.5, 0.6) is 0 Å². The van der Waals surface area contributed by atoms with Gasteiger partial charge in [-0.25, -0.2) is 0 Å². The summed E-state index contributed by atoms with van der Waals surface area (Å²) in [5, 5.41) is 3.36. The molecule has 2 nitrogen and oxygen atoms in total. The Bertz CT molecular complexity index is 93.8. The van der Waals surface area contributed by atoms with Crippen LogP contribution in [0.25, 0.3) is 0 Å². The van der Waals surface area contributed by atoms with Gasteiger partial charge >= 0.3 is 0 Å². The lowest BCUT2D eigenvalue weighted by atomic mass is 10.3. The summed E-state index contributed by atoms with van der Waals surface area (Å²) >= 11 is 0. The molecule has 0 spiro atoms. The molecule has 1 N–H and O–H groups in total. The zero-order valence-electron chi connectivity index (χ0n) is 8.89. The average Bonchev–Trinajstić information content (AvgIpc) is 2.03. The number of ether oxygens (including phenoxy) is 1. The van der Waals surface area contributed by atoms with E-state index >= 15 is 0 Å². The van der Waals surface area contributed by atoms with Crippen molar-refractivity contribution in [2.24, 2.45) is 0 Å². The maximum absolute atomic E-state index is 5.53. The molecular weight excluding hydrogens is 150 g/mol. The molecule has 12 heavy (non-hydrogen) atoms. The van der Waals surface area contributed by atoms with Crippen LogP contribution in [0.1, 0.15) is 40.5 Å². The highest BCUT2D eigenvalue weighted by molar-refractivity contribution is 4.52. The molecule has 0 radical (unpaired) electrons. The second-order valence-electron chi connectivity index (χ2n) is 3.55. The quantitative estimate of drug-likeness (QED) is 0.596. The molecule has 2 heteroatoms. The van der Waals surface area contributed by atoms with Gasteiger partial charge in [-0.15, -0.1) is 0 Å². The van der Waals surface area contributed by atoms with Gasteiger partial charge in [0.25, 0.3) is 0 Å². The van der Waals surface area contributed by atoms with Gasteiger partial charge in [0.05, 0.1) is 6.10 Å². The molecule has 0 heterocycles. The highest BCUT2D eigenvalue weighted by Crippen LogP contribution is 1.96. The fourth-order valence-corrected chi connectivity index (χ4v) is 0.865. The Hall–Kier alpha value is -0.0800. The highest BCUT2D eigenvalue weighted by Gasteiger charge is 1.97. The maximum atomic E-state index is 5.53. The van der Waals surface area contributed by atoms with Crippen LogP contribution in [-0.4, -0.2) is 25.3 Å². The largest absolute Gasteiger partial charge is 0.378 e. The van der Waals surface area contributed by atoms with Gasteiger partial charge in [0, 0.05) is 12.6 Å². The average molecular weight is 173 g/mol. The molecule has 0 aliphatic heterocycles. The lowest BCUT2D eigenvalue weighted by Crippen LogP contribution is -2.25. The van der Waals surface area contributed by atoms with E-state index in [0.29, 0.717) is 12.1 Å². The SMILES string of the molecule is CCC(C)OCCCNC(C)C. The normalized spacial score (nSPS) is 13.8. The first-order valence-corrected chi connectivity index (χ1v) is 5.01. The topological polar surface area (TPSA) is 21.3 Å². The van der Waals surface area contributed by atoms with Crippen LogP contribution in [0.4, 0.5) is 0 Å². The molecule has 0 aromatic heterocycles. The summed E-state index contributed by atoms with van der Waals surface area (Å²) in [6, 6.07) is 0.591. The fourth-order valence-electron chi connectivity index (χ4n) is 0.865. The first kappa shape index (κ1) is 11.9. The van der Waals surface area contributed by atoms with E-state index in [1.165, 1.54) is 0 Å². The third kappa shape index (κ3) is 8.02. The van der Waals surface area contributed by atoms with E-state index in [1.54, 1.807) is 0 Å². The summed E-state index contributed by atoms with van der Waals surface area (Å²) in [5.41, 5.74) is 0. The van der Waals surface area contributed by atoms with Gasteiger partial charge in [-0.05, 0) is 26.3 Å². The van der Waals surface area contributed by atoms with Crippen LogP contribution in [0.3, 0.4) is 0 Å². The Morgan fingerprint density at radius 1 is 1.25 bits per heavy atom. The second-order valence-corrected chi connectivity index (χ2v) is 3.55. The molecule has 1 atom stereocenters. The highest BCUT2D eigenvalue weighted by atomic mass is 16.5. The minimum absolute atomic E-state index is 0.420. The second kappa shape index (κ2) is 7.56. The summed E-state index contributed by atoms with van der Waals surface area (Å²) in [7, 11) is 0. The molecule has 0 aliphatic rings. The third-order valence-corrected chi connectivity index (χ3v) is 1.85. The number of nitrogens with one attached hydrogen (secondary N) is 1. The molecular formula is C10H23NO. The summed E-state index contributed by atoms with van der Waals surface area (Å²) in [4.78, 5) is 0. The van der Waals surface area contributed by atoms with Crippen molar-refractivity contribution in [1.82, 2.24) is 5.32 Å². The van der Waals surface area contributed by atoms with Gasteiger partial charge in [-0.2, -0.15) is 0 Å². The van der Waals surface area contributed by atoms with Gasteiger partial charge in [0.1, 0.15) is 0 Å². The third-order valence-electron chi connectivity index (χ3n) is 1.85. The molecule has 1 unspecified atom stereocenters. The summed E-state index contributed by atoms with van der Waals surface area (Å²) in [6.07, 6.45) is 2.64. The van der Waals surface area contributed by atoms with Crippen LogP contribution >= 0.6 is 0 Å². The molecule has 0 rings (SSSR count). The van der Waals surface area contributed by atoms with Crippen LogP contribution in [0.2, 0.25) is 0 Å². The van der Waals surface area contributed by atoms with Crippen molar-refractivity contribution in [3.05, 3.63) is 0 Å². The lowest BCUT2D eigenvalue weighted by Gasteiger charge is -2.11. The van der Waals surface area contributed by atoms with Gasteiger partial charge in [-0.3, -0.25) is 0 Å². The van der Waals surface area contributed by atoms with Crippen LogP contribution in [0.15, 0.2) is 0 Å². The van der Waals surface area contributed by atoms with E-state index in [1.807, 2.05) is 0 Å². The number of rotatable bonds is 7. The van der Waals surface area contributed by atoms with Gasteiger partial charge in [0.2, 0.25) is 0 Å². The predicted octanol–water partition coefficient (Wildman–Crippen LogP) is 2.19. The fraction of sp³-hybridized carbons (Fsp3) is 1.00. The van der Waals surface area contributed by atoms with Gasteiger partial charge < -0.3 is 10.1 Å². The zero-order valence-corrected chi connectivity index (χ0v) is 8.89. The molecule has 0 amide bonds. The van der Waals surface area contributed by atoms with Crippen molar-refractivity contribution >= 4 is 0 Å². The van der Waals surface area contributed by atoms with Crippen LogP contribution in [0, 0.1) is 0 Å². The lowest BCUT2D eigenvalue weighted by molar-refractivity contribution is 0.0619. The molecule has 0 bridgehead atoms. The Labute approximate surface area is 76.7 Å². The molecule has 0 aromatic rings. The summed E-state index contributed by atoms with van der Waals surface area (Å²) in [5.74, 6) is 0. The monoisotopic (exact) mass is 173 g/mol. The van der Waals surface area contributed by atoms with Crippen LogP contribution < -0.4 is 5.32 Å². The van der Waals surface area contributed by atoms with E-state index < -0.39 is 0 Å². The van der Waals surface area contributed by atoms with E-state index in [-0.39, 0.29) is 0 Å². The van der Waals surface area contributed by atoms with E-state index in [0.717, 1.165) is 26.0 Å². The van der Waals surface area contributed by atoms with E-state index in [2.05, 4.69) is 33.0 Å². The summed E-state index contributed by atoms with van der Waals surface area (Å²) < 4.78 is 5.53. The van der Waals surface area contributed by atoms with E-state index in [4.69, 9.17) is 4.74 Å². The smallest absolute Gasteiger partial charge is 0.0544 e. The Balaban J connectivity index is 3.00. The first-order chi connectivity index (χ1) is 5.66.